The van der Waals surface area contributed by atoms with Crippen molar-refractivity contribution < 1.29 is 42.1 Å². The number of aromatic nitrogens is 1. The van der Waals surface area contributed by atoms with Crippen molar-refractivity contribution in [1.82, 2.24) is 10.3 Å². The lowest BCUT2D eigenvalue weighted by Gasteiger charge is -2.09. The smallest absolute Gasteiger partial charge is 0.490 e. The molecule has 0 aliphatic heterocycles. The molecule has 2 aromatic rings. The summed E-state index contributed by atoms with van der Waals surface area (Å²) >= 11 is 0. The lowest BCUT2D eigenvalue weighted by molar-refractivity contribution is -0.192. The average Bonchev–Trinajstić information content (AvgIpc) is 3.22. The number of esters is 1. The molecule has 1 aromatic heterocycles. The van der Waals surface area contributed by atoms with Gasteiger partial charge < -0.3 is 30.2 Å². The number of unbranched alkanes of at least 4 members (excludes halogenated alkanes) is 1. The van der Waals surface area contributed by atoms with Crippen LogP contribution in [0.3, 0.4) is 0 Å². The number of nitrogens with one attached hydrogen (secondary N) is 3. The summed E-state index contributed by atoms with van der Waals surface area (Å²) in [6, 6.07) is 7.50. The van der Waals surface area contributed by atoms with Crippen LogP contribution in [0.25, 0.3) is 0 Å². The van der Waals surface area contributed by atoms with Crippen LogP contribution in [0.2, 0.25) is 0 Å². The van der Waals surface area contributed by atoms with E-state index in [0.717, 1.165) is 24.3 Å². The highest BCUT2D eigenvalue weighted by molar-refractivity contribution is 6.00. The number of ether oxygens (including phenoxy) is 2. The highest BCUT2D eigenvalue weighted by atomic mass is 19.4. The second-order valence-electron chi connectivity index (χ2n) is 7.40. The minimum atomic E-state index is -5.08. The molecule has 4 N–H and O–H groups in total. The number of amides is 1. The zero-order valence-electron chi connectivity index (χ0n) is 20.7. The normalized spacial score (nSPS) is 10.6. The molecule has 1 aromatic carbocycles. The predicted octanol–water partition coefficient (Wildman–Crippen LogP) is 4.54. The Morgan fingerprint density at radius 2 is 1.69 bits per heavy atom. The van der Waals surface area contributed by atoms with Crippen molar-refractivity contribution in [1.29, 1.82) is 0 Å². The van der Waals surface area contributed by atoms with Gasteiger partial charge in [-0.25, -0.2) is 9.59 Å². The maximum Gasteiger partial charge on any atom is 0.490 e. The molecule has 12 heteroatoms. The number of aliphatic carboxylic acids is 1. The number of alkyl halides is 3. The summed E-state index contributed by atoms with van der Waals surface area (Å²) in [5.74, 6) is -2.61. The fourth-order valence-corrected chi connectivity index (χ4v) is 3.09. The number of carbonyl (C=O) groups is 3. The van der Waals surface area contributed by atoms with Gasteiger partial charge in [0, 0.05) is 17.9 Å². The number of carboxylic acids is 1. The molecule has 0 aliphatic carbocycles. The molecule has 0 aliphatic rings. The van der Waals surface area contributed by atoms with Crippen molar-refractivity contribution in [2.24, 2.45) is 0 Å². The average molecular weight is 516 g/mol. The summed E-state index contributed by atoms with van der Waals surface area (Å²) in [6.07, 6.45) is -2.63. The van der Waals surface area contributed by atoms with E-state index in [1.807, 2.05) is 31.2 Å². The molecule has 0 saturated carbocycles. The molecule has 0 unspecified atom stereocenters. The minimum Gasteiger partial charge on any atom is -0.497 e. The van der Waals surface area contributed by atoms with Gasteiger partial charge in [0.2, 0.25) is 0 Å². The van der Waals surface area contributed by atoms with Crippen molar-refractivity contribution in [2.75, 3.05) is 25.6 Å². The quantitative estimate of drug-likeness (QED) is 0.255. The first-order valence-electron chi connectivity index (χ1n) is 11.4. The maximum absolute atomic E-state index is 12.7. The predicted molar refractivity (Wildman–Crippen MR) is 127 cm³/mol. The van der Waals surface area contributed by atoms with E-state index in [9.17, 15) is 22.8 Å². The number of halogens is 3. The molecule has 2 rings (SSSR count). The Balaban J connectivity index is 0.000000809. The number of benzene rings is 1. The lowest BCUT2D eigenvalue weighted by Crippen LogP contribution is -2.25. The van der Waals surface area contributed by atoms with Gasteiger partial charge in [0.25, 0.3) is 5.91 Å². The van der Waals surface area contributed by atoms with E-state index in [4.69, 9.17) is 19.4 Å². The summed E-state index contributed by atoms with van der Waals surface area (Å²) < 4.78 is 42.2. The third-order valence-electron chi connectivity index (χ3n) is 4.86. The number of H-pyrrole nitrogens is 1. The molecule has 9 nitrogen and oxygen atoms in total. The zero-order chi connectivity index (χ0) is 27.3. The number of methoxy groups -OCH3 is 1. The van der Waals surface area contributed by atoms with E-state index in [-0.39, 0.29) is 12.5 Å². The van der Waals surface area contributed by atoms with Gasteiger partial charge in [0.05, 0.1) is 25.8 Å². The molecular formula is C24H32F3N3O6. The van der Waals surface area contributed by atoms with Crippen LogP contribution < -0.4 is 15.4 Å². The Bertz CT molecular complexity index is 1000. The first kappa shape index (κ1) is 30.3. The highest BCUT2D eigenvalue weighted by Crippen LogP contribution is 2.23. The van der Waals surface area contributed by atoms with Gasteiger partial charge in [-0.2, -0.15) is 13.2 Å². The van der Waals surface area contributed by atoms with Crippen LogP contribution in [0.15, 0.2) is 24.3 Å². The second kappa shape index (κ2) is 14.6. The molecule has 0 fully saturated rings. The largest absolute Gasteiger partial charge is 0.497 e. The van der Waals surface area contributed by atoms with Crippen LogP contribution in [0.1, 0.15) is 65.7 Å². The summed E-state index contributed by atoms with van der Waals surface area (Å²) in [6.45, 7) is 7.00. The van der Waals surface area contributed by atoms with Gasteiger partial charge in [0.15, 0.2) is 0 Å². The van der Waals surface area contributed by atoms with Gasteiger partial charge >= 0.3 is 18.1 Å². The monoisotopic (exact) mass is 515 g/mol. The first-order valence-corrected chi connectivity index (χ1v) is 11.4. The van der Waals surface area contributed by atoms with E-state index in [1.54, 1.807) is 14.0 Å². The first-order chi connectivity index (χ1) is 17.0. The standard InChI is InChI=1S/C22H31N3O4.C2HF3O2/c1-5-8-13-23-21(26)20-17(6-2)19(22(27)29-7-3)18(25-20)14-24-15-9-11-16(28-4)12-10-15;3-2(4,5)1(6)7/h9-12,24-25H,5-8,13-14H2,1-4H3,(H,23,26);(H,6,7). The van der Waals surface area contributed by atoms with E-state index in [1.165, 1.54) is 0 Å². The number of rotatable bonds is 11. The third kappa shape index (κ3) is 9.16. The van der Waals surface area contributed by atoms with Crippen molar-refractivity contribution >= 4 is 23.5 Å². The molecule has 1 amide bonds. The van der Waals surface area contributed by atoms with Gasteiger partial charge in [-0.05, 0) is 49.6 Å². The van der Waals surface area contributed by atoms with Crippen LogP contribution >= 0.6 is 0 Å². The molecule has 1 heterocycles. The van der Waals surface area contributed by atoms with E-state index in [0.29, 0.717) is 42.0 Å². The Hall–Kier alpha value is -3.70. The van der Waals surface area contributed by atoms with Crippen LogP contribution in [0.5, 0.6) is 5.75 Å². The minimum absolute atomic E-state index is 0.198. The molecule has 0 atom stereocenters. The number of carboxylic acid groups (broad SMARTS) is 1. The van der Waals surface area contributed by atoms with E-state index >= 15 is 0 Å². The van der Waals surface area contributed by atoms with Crippen LogP contribution in [0.4, 0.5) is 18.9 Å². The molecule has 36 heavy (non-hydrogen) atoms. The molecule has 0 radical (unpaired) electrons. The molecule has 0 saturated heterocycles. The van der Waals surface area contributed by atoms with Crippen molar-refractivity contribution in [3.05, 3.63) is 46.8 Å². The molecule has 200 valence electrons. The maximum atomic E-state index is 12.7. The molecular weight excluding hydrogens is 483 g/mol. The second-order valence-corrected chi connectivity index (χ2v) is 7.40. The lowest BCUT2D eigenvalue weighted by atomic mass is 10.1. The van der Waals surface area contributed by atoms with Gasteiger partial charge in [-0.1, -0.05) is 20.3 Å². The third-order valence-corrected chi connectivity index (χ3v) is 4.86. The Labute approximate surface area is 207 Å². The van der Waals surface area contributed by atoms with E-state index in [2.05, 4.69) is 22.5 Å². The van der Waals surface area contributed by atoms with Gasteiger partial charge in [-0.3, -0.25) is 4.79 Å². The van der Waals surface area contributed by atoms with E-state index < -0.39 is 18.1 Å². The molecule has 0 bridgehead atoms. The number of anilines is 1. The van der Waals surface area contributed by atoms with Gasteiger partial charge in [0.1, 0.15) is 11.4 Å². The number of carbonyl (C=O) groups excluding carboxylic acids is 2. The summed E-state index contributed by atoms with van der Waals surface area (Å²) in [5, 5.41) is 13.3. The number of hydrogen-bond acceptors (Lipinski definition) is 6. The Kier molecular flexibility index (Phi) is 12.3. The fraction of sp³-hybridized carbons (Fsp3) is 0.458. The Morgan fingerprint density at radius 1 is 1.08 bits per heavy atom. The number of aromatic amines is 1. The molecule has 0 spiro atoms. The number of hydrogen-bond donors (Lipinski definition) is 4. The van der Waals surface area contributed by atoms with Crippen molar-refractivity contribution in [2.45, 2.75) is 52.8 Å². The SMILES string of the molecule is CCCCNC(=O)c1[nH]c(CNc2ccc(OC)cc2)c(C(=O)OCC)c1CC.O=C(O)C(F)(F)F. The van der Waals surface area contributed by atoms with Crippen molar-refractivity contribution in [3.63, 3.8) is 0 Å². The fourth-order valence-electron chi connectivity index (χ4n) is 3.09. The summed E-state index contributed by atoms with van der Waals surface area (Å²) in [4.78, 5) is 37.3. The van der Waals surface area contributed by atoms with Gasteiger partial charge in [-0.15, -0.1) is 0 Å². The summed E-state index contributed by atoms with van der Waals surface area (Å²) in [7, 11) is 1.62. The Morgan fingerprint density at radius 3 is 2.17 bits per heavy atom. The highest BCUT2D eigenvalue weighted by Gasteiger charge is 2.38. The van der Waals surface area contributed by atoms with Crippen LogP contribution in [-0.4, -0.2) is 54.4 Å². The summed E-state index contributed by atoms with van der Waals surface area (Å²) in [5.41, 5.74) is 3.07. The van der Waals surface area contributed by atoms with Crippen LogP contribution in [0, 0.1) is 0 Å². The zero-order valence-corrected chi connectivity index (χ0v) is 20.7. The van der Waals surface area contributed by atoms with Crippen molar-refractivity contribution in [3.8, 4) is 5.75 Å². The van der Waals surface area contributed by atoms with Crippen LogP contribution in [-0.2, 0) is 22.5 Å². The topological polar surface area (TPSA) is 130 Å².